The van der Waals surface area contributed by atoms with Crippen molar-refractivity contribution >= 4 is 11.8 Å². The summed E-state index contributed by atoms with van der Waals surface area (Å²) < 4.78 is 29.3. The van der Waals surface area contributed by atoms with Gasteiger partial charge in [-0.25, -0.2) is 0 Å². The van der Waals surface area contributed by atoms with Crippen LogP contribution in [0.2, 0.25) is 0 Å². The molecule has 3 aliphatic rings. The molecule has 0 aromatic heterocycles. The monoisotopic (exact) mass is 494 g/mol. The van der Waals surface area contributed by atoms with E-state index in [0.717, 1.165) is 0 Å². The van der Waals surface area contributed by atoms with E-state index < -0.39 is 36.9 Å². The molecule has 0 radical (unpaired) electrons. The van der Waals surface area contributed by atoms with Crippen molar-refractivity contribution in [2.45, 2.75) is 113 Å². The smallest absolute Gasteiger partial charge is 0.180 e. The quantitative estimate of drug-likeness (QED) is 0.333. The van der Waals surface area contributed by atoms with Crippen LogP contribution in [0.5, 0.6) is 0 Å². The number of thioether (sulfide) groups is 1. The summed E-state index contributed by atoms with van der Waals surface area (Å²) in [5, 5.41) is 24.8. The van der Waals surface area contributed by atoms with Gasteiger partial charge < -0.3 is 39.2 Å². The summed E-state index contributed by atoms with van der Waals surface area (Å²) in [7, 11) is 1.69. The van der Waals surface area contributed by atoms with Crippen LogP contribution >= 0.6 is 11.8 Å². The van der Waals surface area contributed by atoms with Gasteiger partial charge >= 0.3 is 0 Å². The molecular formula is C22H42N2O8S. The van der Waals surface area contributed by atoms with Crippen molar-refractivity contribution in [3.63, 3.8) is 0 Å². The van der Waals surface area contributed by atoms with Crippen molar-refractivity contribution in [3.8, 4) is 0 Å². The Kier molecular flexibility index (Phi) is 10.7. The Bertz CT molecular complexity index is 579. The van der Waals surface area contributed by atoms with Crippen LogP contribution in [0.4, 0.5) is 0 Å². The first-order valence-electron chi connectivity index (χ1n) is 11.9. The fraction of sp³-hybridized carbons (Fsp3) is 1.00. The van der Waals surface area contributed by atoms with Crippen molar-refractivity contribution in [3.05, 3.63) is 0 Å². The van der Waals surface area contributed by atoms with Gasteiger partial charge in [-0.1, -0.05) is 13.8 Å². The summed E-state index contributed by atoms with van der Waals surface area (Å²) in [5.74, 6) is 0. The second kappa shape index (κ2) is 12.8. The third-order valence-corrected chi connectivity index (χ3v) is 7.78. The normalized spacial score (nSPS) is 44.8. The number of rotatable bonds is 9. The molecule has 3 saturated heterocycles. The van der Waals surface area contributed by atoms with Gasteiger partial charge in [0.2, 0.25) is 0 Å². The lowest BCUT2D eigenvalue weighted by molar-refractivity contribution is -0.280. The zero-order chi connectivity index (χ0) is 24.1. The molecule has 4 N–H and O–H groups in total. The Balaban J connectivity index is 1.51. The van der Waals surface area contributed by atoms with Crippen molar-refractivity contribution in [1.82, 2.24) is 10.8 Å². The minimum Gasteiger partial charge on any atom is -0.392 e. The number of ether oxygens (including phenoxy) is 5. The molecule has 11 atom stereocenters. The number of hydrogen-bond acceptors (Lipinski definition) is 11. The zero-order valence-corrected chi connectivity index (χ0v) is 21.3. The fourth-order valence-corrected chi connectivity index (χ4v) is 5.59. The van der Waals surface area contributed by atoms with Crippen LogP contribution in [0.25, 0.3) is 0 Å². The second-order valence-corrected chi connectivity index (χ2v) is 10.5. The van der Waals surface area contributed by atoms with E-state index in [4.69, 9.17) is 28.5 Å². The largest absolute Gasteiger partial charge is 0.392 e. The third-order valence-electron chi connectivity index (χ3n) is 6.54. The summed E-state index contributed by atoms with van der Waals surface area (Å²) in [6, 6.07) is -0.126. The van der Waals surface area contributed by atoms with E-state index in [1.165, 1.54) is 0 Å². The maximum atomic E-state index is 11.0. The van der Waals surface area contributed by atoms with Crippen molar-refractivity contribution < 1.29 is 38.7 Å². The lowest BCUT2D eigenvalue weighted by Crippen LogP contribution is -2.61. The van der Waals surface area contributed by atoms with Gasteiger partial charge in [-0.05, 0) is 20.1 Å². The van der Waals surface area contributed by atoms with E-state index in [9.17, 15) is 10.2 Å². The minimum absolute atomic E-state index is 0.00640. The molecule has 0 aromatic rings. The van der Waals surface area contributed by atoms with Crippen LogP contribution in [-0.2, 0) is 28.5 Å². The summed E-state index contributed by atoms with van der Waals surface area (Å²) in [6.07, 6.45) is -0.756. The standard InChI is InChI=1S/C22H42N2O8S/c1-11(2)23-14-9-29-18(8-16(14)27-5)31-17-10-28-12(3)20(21(17)26)24-32-19-7-15(25)22(33-6)13(4)30-19/h11-26H,7-10H2,1-6H3/t12-,13-,14+,15+,16+,17+,18+,19+,20-,21-,22-/m1/s1. The second-order valence-electron chi connectivity index (χ2n) is 9.44. The average molecular weight is 495 g/mol. The number of hydroxylamine groups is 1. The van der Waals surface area contributed by atoms with Gasteiger partial charge in [0.15, 0.2) is 12.6 Å². The Morgan fingerprint density at radius 3 is 2.39 bits per heavy atom. The van der Waals surface area contributed by atoms with Gasteiger partial charge in [0.25, 0.3) is 0 Å². The lowest BCUT2D eigenvalue weighted by atomic mass is 9.98. The molecule has 0 aromatic carbocycles. The molecule has 11 heteroatoms. The maximum absolute atomic E-state index is 11.0. The molecule has 3 aliphatic heterocycles. The predicted molar refractivity (Wildman–Crippen MR) is 124 cm³/mol. The highest BCUT2D eigenvalue weighted by molar-refractivity contribution is 7.99. The first kappa shape index (κ1) is 27.5. The first-order chi connectivity index (χ1) is 15.7. The van der Waals surface area contributed by atoms with Crippen LogP contribution in [-0.4, -0.2) is 109 Å². The van der Waals surface area contributed by atoms with Gasteiger partial charge in [0.1, 0.15) is 12.2 Å². The van der Waals surface area contributed by atoms with E-state index in [2.05, 4.69) is 24.6 Å². The van der Waals surface area contributed by atoms with Gasteiger partial charge in [-0.2, -0.15) is 17.2 Å². The van der Waals surface area contributed by atoms with Crippen LogP contribution in [0, 0.1) is 0 Å². The number of methoxy groups -OCH3 is 1. The molecule has 0 amide bonds. The summed E-state index contributed by atoms with van der Waals surface area (Å²) in [5.41, 5.74) is 2.91. The number of hydrogen-bond donors (Lipinski definition) is 4. The number of aliphatic hydroxyl groups excluding tert-OH is 2. The van der Waals surface area contributed by atoms with Gasteiger partial charge in [0.05, 0.1) is 55.0 Å². The molecule has 194 valence electrons. The number of nitrogens with one attached hydrogen (secondary N) is 2. The topological polar surface area (TPSA) is 120 Å². The van der Waals surface area contributed by atoms with Gasteiger partial charge in [0, 0.05) is 26.0 Å². The zero-order valence-electron chi connectivity index (χ0n) is 20.5. The van der Waals surface area contributed by atoms with E-state index >= 15 is 0 Å². The average Bonchev–Trinajstić information content (AvgIpc) is 2.76. The van der Waals surface area contributed by atoms with Crippen LogP contribution in [0.1, 0.15) is 40.5 Å². The molecule has 3 fully saturated rings. The molecule has 0 bridgehead atoms. The summed E-state index contributed by atoms with van der Waals surface area (Å²) in [4.78, 5) is 5.72. The Morgan fingerprint density at radius 1 is 1.00 bits per heavy atom. The van der Waals surface area contributed by atoms with Crippen molar-refractivity contribution in [2.75, 3.05) is 26.6 Å². The Hall–Kier alpha value is -0.0500. The molecule has 3 rings (SSSR count). The third kappa shape index (κ3) is 7.23. The van der Waals surface area contributed by atoms with Crippen molar-refractivity contribution in [1.29, 1.82) is 0 Å². The Morgan fingerprint density at radius 2 is 1.76 bits per heavy atom. The first-order valence-corrected chi connectivity index (χ1v) is 13.1. The molecule has 0 unspecified atom stereocenters. The van der Waals surface area contributed by atoms with E-state index in [1.807, 2.05) is 20.1 Å². The molecule has 0 aliphatic carbocycles. The summed E-state index contributed by atoms with van der Waals surface area (Å²) in [6.45, 7) is 8.66. The van der Waals surface area contributed by atoms with Crippen LogP contribution in [0.15, 0.2) is 0 Å². The molecule has 0 spiro atoms. The molecule has 3 heterocycles. The van der Waals surface area contributed by atoms with E-state index in [0.29, 0.717) is 25.5 Å². The molecular weight excluding hydrogens is 452 g/mol. The highest BCUT2D eigenvalue weighted by Gasteiger charge is 2.43. The molecule has 0 saturated carbocycles. The molecule has 33 heavy (non-hydrogen) atoms. The van der Waals surface area contributed by atoms with Crippen LogP contribution < -0.4 is 10.8 Å². The van der Waals surface area contributed by atoms with E-state index in [-0.39, 0.29) is 36.2 Å². The highest BCUT2D eigenvalue weighted by Crippen LogP contribution is 2.29. The lowest BCUT2D eigenvalue weighted by Gasteiger charge is -2.43. The SMILES string of the molecule is CO[C@H]1C[C@H](O[C@H]2CO[C@H](C)[C@@H](NO[C@H]3C[C@H](O)[C@H](SC)[C@@H](C)O3)[C@@H]2O)OC[C@@H]1NC(C)C. The van der Waals surface area contributed by atoms with Gasteiger partial charge in [-0.3, -0.25) is 4.84 Å². The van der Waals surface area contributed by atoms with Crippen LogP contribution in [0.3, 0.4) is 0 Å². The number of aliphatic hydroxyl groups is 2. The minimum atomic E-state index is -0.880. The summed E-state index contributed by atoms with van der Waals surface area (Å²) >= 11 is 1.58. The van der Waals surface area contributed by atoms with E-state index in [1.54, 1.807) is 18.9 Å². The Labute approximate surface area is 201 Å². The van der Waals surface area contributed by atoms with Crippen molar-refractivity contribution in [2.24, 2.45) is 0 Å². The highest BCUT2D eigenvalue weighted by atomic mass is 32.2. The fourth-order valence-electron chi connectivity index (χ4n) is 4.71. The maximum Gasteiger partial charge on any atom is 0.180 e. The molecule has 10 nitrogen and oxygen atoms in total. The predicted octanol–water partition coefficient (Wildman–Crippen LogP) is 0.396. The van der Waals surface area contributed by atoms with Gasteiger partial charge in [-0.15, -0.1) is 0 Å².